The summed E-state index contributed by atoms with van der Waals surface area (Å²) in [4.78, 5) is 16.8. The molecule has 0 fully saturated rings. The number of nitrogens with zero attached hydrogens (tertiary/aromatic N) is 2. The number of amides is 1. The zero-order valence-electron chi connectivity index (χ0n) is 13.6. The average molecular weight is 354 g/mol. The molecule has 5 nitrogen and oxygen atoms in total. The first-order valence-electron chi connectivity index (χ1n) is 7.92. The van der Waals surface area contributed by atoms with Gasteiger partial charge in [-0.25, -0.2) is 4.98 Å². The predicted molar refractivity (Wildman–Crippen MR) is 96.7 cm³/mol. The molecule has 1 aliphatic heterocycles. The molecular weight excluding hydrogens is 338 g/mol. The SMILES string of the molecule is COc1ccc(C2CC(=O)Nc3c2ncn3-c2cccc(Cl)c2)cc1. The Kier molecular flexibility index (Phi) is 3.93. The van der Waals surface area contributed by atoms with Crippen molar-refractivity contribution in [1.82, 2.24) is 9.55 Å². The van der Waals surface area contributed by atoms with E-state index in [1.807, 2.05) is 53.1 Å². The quantitative estimate of drug-likeness (QED) is 0.774. The van der Waals surface area contributed by atoms with Crippen molar-refractivity contribution in [2.45, 2.75) is 12.3 Å². The number of halogens is 1. The van der Waals surface area contributed by atoms with Crippen LogP contribution < -0.4 is 10.1 Å². The first kappa shape index (κ1) is 15.7. The molecule has 1 aliphatic rings. The molecular formula is C19H16ClN3O2. The molecule has 2 heterocycles. The van der Waals surface area contributed by atoms with Crippen molar-refractivity contribution in [3.8, 4) is 11.4 Å². The summed E-state index contributed by atoms with van der Waals surface area (Å²) in [5.41, 5.74) is 2.75. The highest BCUT2D eigenvalue weighted by Crippen LogP contribution is 2.37. The van der Waals surface area contributed by atoms with Gasteiger partial charge in [0, 0.05) is 23.0 Å². The Morgan fingerprint density at radius 2 is 2.04 bits per heavy atom. The molecule has 1 atom stereocenters. The smallest absolute Gasteiger partial charge is 0.226 e. The molecule has 0 saturated carbocycles. The standard InChI is InChI=1S/C19H16ClN3O2/c1-25-15-7-5-12(6-8-15)16-10-17(24)22-19-18(16)21-11-23(19)14-4-2-3-13(20)9-14/h2-9,11,16H,10H2,1H3,(H,22,24). The number of methoxy groups -OCH3 is 1. The number of aromatic nitrogens is 2. The lowest BCUT2D eigenvalue weighted by Gasteiger charge is -2.23. The normalized spacial score (nSPS) is 16.2. The second kappa shape index (κ2) is 6.26. The zero-order chi connectivity index (χ0) is 17.4. The second-order valence-corrected chi connectivity index (χ2v) is 6.34. The third-order valence-electron chi connectivity index (χ3n) is 4.38. The monoisotopic (exact) mass is 353 g/mol. The molecule has 0 radical (unpaired) electrons. The van der Waals surface area contributed by atoms with Gasteiger partial charge in [0.2, 0.25) is 5.91 Å². The minimum absolute atomic E-state index is 0.0305. The highest BCUT2D eigenvalue weighted by atomic mass is 35.5. The number of benzene rings is 2. The van der Waals surface area contributed by atoms with E-state index < -0.39 is 0 Å². The lowest BCUT2D eigenvalue weighted by molar-refractivity contribution is -0.116. The Hall–Kier alpha value is -2.79. The van der Waals surface area contributed by atoms with Crippen molar-refractivity contribution in [1.29, 1.82) is 0 Å². The Labute approximate surface area is 150 Å². The molecule has 25 heavy (non-hydrogen) atoms. The zero-order valence-corrected chi connectivity index (χ0v) is 14.3. The van der Waals surface area contributed by atoms with Crippen molar-refractivity contribution in [3.63, 3.8) is 0 Å². The number of rotatable bonds is 3. The van der Waals surface area contributed by atoms with Crippen LogP contribution in [0.25, 0.3) is 5.69 Å². The van der Waals surface area contributed by atoms with Crippen LogP contribution in [-0.2, 0) is 4.79 Å². The maximum absolute atomic E-state index is 12.3. The number of fused-ring (bicyclic) bond motifs is 1. The number of anilines is 1. The van der Waals surface area contributed by atoms with Crippen LogP contribution in [0.1, 0.15) is 23.6 Å². The molecule has 1 N–H and O–H groups in total. The first-order chi connectivity index (χ1) is 12.2. The molecule has 0 saturated heterocycles. The summed E-state index contributed by atoms with van der Waals surface area (Å²) in [6.45, 7) is 0. The number of nitrogens with one attached hydrogen (secondary N) is 1. The maximum atomic E-state index is 12.3. The average Bonchev–Trinajstić information content (AvgIpc) is 3.05. The maximum Gasteiger partial charge on any atom is 0.226 e. The molecule has 2 aromatic carbocycles. The number of carbonyl (C=O) groups excluding carboxylic acids is 1. The van der Waals surface area contributed by atoms with Gasteiger partial charge < -0.3 is 10.1 Å². The van der Waals surface area contributed by atoms with Crippen LogP contribution in [0.5, 0.6) is 5.75 Å². The van der Waals surface area contributed by atoms with E-state index in [0.717, 1.165) is 22.7 Å². The molecule has 4 rings (SSSR count). The number of hydrogen-bond acceptors (Lipinski definition) is 3. The van der Waals surface area contributed by atoms with Crippen LogP contribution in [0.2, 0.25) is 5.02 Å². The molecule has 3 aromatic rings. The highest BCUT2D eigenvalue weighted by Gasteiger charge is 2.31. The molecule has 1 unspecified atom stereocenters. The number of ether oxygens (including phenoxy) is 1. The second-order valence-electron chi connectivity index (χ2n) is 5.91. The Bertz CT molecular complexity index is 934. The van der Waals surface area contributed by atoms with E-state index in [1.54, 1.807) is 13.4 Å². The van der Waals surface area contributed by atoms with Crippen LogP contribution in [-0.4, -0.2) is 22.6 Å². The van der Waals surface area contributed by atoms with Gasteiger partial charge in [-0.05, 0) is 35.9 Å². The lowest BCUT2D eigenvalue weighted by Crippen LogP contribution is -2.24. The van der Waals surface area contributed by atoms with Crippen LogP contribution >= 0.6 is 11.6 Å². The third kappa shape index (κ3) is 2.87. The summed E-state index contributed by atoms with van der Waals surface area (Å²) >= 11 is 6.09. The van der Waals surface area contributed by atoms with Gasteiger partial charge in [0.1, 0.15) is 17.9 Å². The number of hydrogen-bond donors (Lipinski definition) is 1. The van der Waals surface area contributed by atoms with Gasteiger partial charge in [0.25, 0.3) is 0 Å². The number of carbonyl (C=O) groups is 1. The summed E-state index contributed by atoms with van der Waals surface area (Å²) in [6.07, 6.45) is 2.09. The van der Waals surface area contributed by atoms with Gasteiger partial charge in [0.05, 0.1) is 12.8 Å². The summed E-state index contributed by atoms with van der Waals surface area (Å²) in [5, 5.41) is 3.58. The first-order valence-corrected chi connectivity index (χ1v) is 8.30. The molecule has 1 amide bonds. The predicted octanol–water partition coefficient (Wildman–Crippen LogP) is 4.01. The minimum atomic E-state index is -0.0879. The summed E-state index contributed by atoms with van der Waals surface area (Å²) in [7, 11) is 1.63. The largest absolute Gasteiger partial charge is 0.497 e. The van der Waals surface area contributed by atoms with Crippen LogP contribution in [0.4, 0.5) is 5.82 Å². The van der Waals surface area contributed by atoms with E-state index in [-0.39, 0.29) is 11.8 Å². The van der Waals surface area contributed by atoms with Gasteiger partial charge in [-0.1, -0.05) is 29.8 Å². The Morgan fingerprint density at radius 3 is 2.76 bits per heavy atom. The van der Waals surface area contributed by atoms with E-state index in [2.05, 4.69) is 10.3 Å². The van der Waals surface area contributed by atoms with Gasteiger partial charge in [0.15, 0.2) is 0 Å². The van der Waals surface area contributed by atoms with Crippen LogP contribution in [0.3, 0.4) is 0 Å². The van der Waals surface area contributed by atoms with Crippen molar-refractivity contribution in [2.24, 2.45) is 0 Å². The summed E-state index contributed by atoms with van der Waals surface area (Å²) in [5.74, 6) is 1.36. The van der Waals surface area contributed by atoms with Crippen molar-refractivity contribution in [3.05, 3.63) is 71.1 Å². The molecule has 0 bridgehead atoms. The summed E-state index contributed by atoms with van der Waals surface area (Å²) in [6, 6.07) is 15.2. The molecule has 0 aliphatic carbocycles. The van der Waals surface area contributed by atoms with E-state index in [0.29, 0.717) is 17.3 Å². The Morgan fingerprint density at radius 1 is 1.24 bits per heavy atom. The van der Waals surface area contributed by atoms with Crippen molar-refractivity contribution >= 4 is 23.3 Å². The minimum Gasteiger partial charge on any atom is -0.497 e. The van der Waals surface area contributed by atoms with Gasteiger partial charge in [-0.2, -0.15) is 0 Å². The fraction of sp³-hybridized carbons (Fsp3) is 0.158. The van der Waals surface area contributed by atoms with Gasteiger partial charge in [-0.3, -0.25) is 9.36 Å². The van der Waals surface area contributed by atoms with Crippen molar-refractivity contribution < 1.29 is 9.53 Å². The fourth-order valence-electron chi connectivity index (χ4n) is 3.14. The van der Waals surface area contributed by atoms with E-state index >= 15 is 0 Å². The molecule has 1 aromatic heterocycles. The molecule has 0 spiro atoms. The topological polar surface area (TPSA) is 56.1 Å². The van der Waals surface area contributed by atoms with Crippen LogP contribution in [0, 0.1) is 0 Å². The highest BCUT2D eigenvalue weighted by molar-refractivity contribution is 6.30. The lowest BCUT2D eigenvalue weighted by atomic mass is 9.90. The van der Waals surface area contributed by atoms with E-state index in [1.165, 1.54) is 0 Å². The summed E-state index contributed by atoms with van der Waals surface area (Å²) < 4.78 is 7.06. The molecule has 126 valence electrons. The van der Waals surface area contributed by atoms with Crippen LogP contribution in [0.15, 0.2) is 54.9 Å². The number of imidazole rings is 1. The van der Waals surface area contributed by atoms with Gasteiger partial charge in [-0.15, -0.1) is 0 Å². The van der Waals surface area contributed by atoms with E-state index in [9.17, 15) is 4.79 Å². The van der Waals surface area contributed by atoms with E-state index in [4.69, 9.17) is 16.3 Å². The van der Waals surface area contributed by atoms with Gasteiger partial charge >= 0.3 is 0 Å². The van der Waals surface area contributed by atoms with Crippen molar-refractivity contribution in [2.75, 3.05) is 12.4 Å². The fourth-order valence-corrected chi connectivity index (χ4v) is 3.32. The molecule has 6 heteroatoms. The third-order valence-corrected chi connectivity index (χ3v) is 4.61. The Balaban J connectivity index is 1.78.